The number of benzene rings is 2. The lowest BCUT2D eigenvalue weighted by Gasteiger charge is -2.19. The van der Waals surface area contributed by atoms with E-state index < -0.39 is 12.1 Å². The third-order valence-corrected chi connectivity index (χ3v) is 5.98. The molecule has 8 nitrogen and oxygen atoms in total. The highest BCUT2D eigenvalue weighted by atomic mass is 32.1. The summed E-state index contributed by atoms with van der Waals surface area (Å²) in [6, 6.07) is 15.6. The molecule has 168 valence electrons. The molecule has 0 saturated carbocycles. The third kappa shape index (κ3) is 6.35. The van der Waals surface area contributed by atoms with Gasteiger partial charge in [0.05, 0.1) is 22.3 Å². The number of para-hydroxylation sites is 2. The van der Waals surface area contributed by atoms with E-state index in [1.165, 1.54) is 11.3 Å². The lowest BCUT2D eigenvalue weighted by atomic mass is 10.1. The van der Waals surface area contributed by atoms with Gasteiger partial charge in [0.25, 0.3) is 0 Å². The van der Waals surface area contributed by atoms with Crippen molar-refractivity contribution >= 4 is 44.9 Å². The second kappa shape index (κ2) is 11.4. The maximum absolute atomic E-state index is 13.1. The quantitative estimate of drug-likeness (QED) is 0.139. The van der Waals surface area contributed by atoms with E-state index in [0.29, 0.717) is 30.8 Å². The highest BCUT2D eigenvalue weighted by Gasteiger charge is 2.26. The van der Waals surface area contributed by atoms with E-state index in [1.54, 1.807) is 0 Å². The zero-order valence-electron chi connectivity index (χ0n) is 17.9. The summed E-state index contributed by atoms with van der Waals surface area (Å²) in [5, 5.41) is 17.1. The zero-order chi connectivity index (χ0) is 22.9. The molecule has 1 aromatic heterocycles. The van der Waals surface area contributed by atoms with Crippen molar-refractivity contribution in [2.24, 2.45) is 5.73 Å². The van der Waals surface area contributed by atoms with Crippen LogP contribution in [0.1, 0.15) is 36.0 Å². The number of aromatic nitrogens is 1. The number of Topliss-reactive ketones (excluding diaryl/α,β-unsaturated/α-hetero) is 1. The van der Waals surface area contributed by atoms with Crippen LogP contribution in [-0.4, -0.2) is 41.3 Å². The second-order valence-electron chi connectivity index (χ2n) is 7.36. The number of hydrogen-bond donors (Lipinski definition) is 5. The average molecular weight is 453 g/mol. The number of rotatable bonds is 10. The molecule has 0 unspecified atom stereocenters. The predicted octanol–water partition coefficient (Wildman–Crippen LogP) is 3.12. The number of amides is 1. The number of guanidine groups is 1. The Hall–Kier alpha value is -3.30. The van der Waals surface area contributed by atoms with E-state index in [0.717, 1.165) is 15.9 Å². The van der Waals surface area contributed by atoms with Crippen molar-refractivity contribution < 1.29 is 9.59 Å². The van der Waals surface area contributed by atoms with Crippen LogP contribution in [0.15, 0.2) is 54.6 Å². The number of nitrogens with two attached hydrogens (primary N) is 1. The molecule has 0 bridgehead atoms. The molecule has 0 aliphatic carbocycles. The lowest BCUT2D eigenvalue weighted by Crippen LogP contribution is -2.48. The molecular formula is C23H28N6O2S. The fraction of sp³-hybridized carbons (Fsp3) is 0.304. The van der Waals surface area contributed by atoms with Gasteiger partial charge in [-0.2, -0.15) is 0 Å². The number of fused-ring (bicyclic) bond motifs is 1. The number of nitrogens with zero attached hydrogens (tertiary/aromatic N) is 1. The lowest BCUT2D eigenvalue weighted by molar-refractivity contribution is -0.122. The van der Waals surface area contributed by atoms with Crippen LogP contribution in [-0.2, 0) is 4.79 Å². The van der Waals surface area contributed by atoms with E-state index in [9.17, 15) is 9.59 Å². The Labute approximate surface area is 191 Å². The number of ketones is 1. The van der Waals surface area contributed by atoms with Gasteiger partial charge >= 0.3 is 0 Å². The van der Waals surface area contributed by atoms with Crippen molar-refractivity contribution in [3.63, 3.8) is 0 Å². The first-order valence-electron chi connectivity index (χ1n) is 10.6. The Balaban J connectivity index is 1.60. The van der Waals surface area contributed by atoms with Crippen LogP contribution < -0.4 is 21.7 Å². The van der Waals surface area contributed by atoms with Crippen LogP contribution >= 0.6 is 11.3 Å². The molecule has 3 aromatic rings. The van der Waals surface area contributed by atoms with Crippen LogP contribution in [0, 0.1) is 5.41 Å². The van der Waals surface area contributed by atoms with Crippen LogP contribution in [0.3, 0.4) is 0 Å². The van der Waals surface area contributed by atoms with Gasteiger partial charge in [0.1, 0.15) is 0 Å². The van der Waals surface area contributed by atoms with E-state index in [-0.39, 0.29) is 17.6 Å². The van der Waals surface area contributed by atoms with Gasteiger partial charge in [-0.15, -0.1) is 11.3 Å². The molecule has 0 saturated heterocycles. The Morgan fingerprint density at radius 3 is 2.56 bits per heavy atom. The molecular weight excluding hydrogens is 424 g/mol. The molecule has 0 aliphatic heterocycles. The van der Waals surface area contributed by atoms with Gasteiger partial charge in [-0.25, -0.2) is 4.98 Å². The van der Waals surface area contributed by atoms with Gasteiger partial charge < -0.3 is 21.7 Å². The number of thiazole rings is 1. The first-order chi connectivity index (χ1) is 15.5. The Kier molecular flexibility index (Phi) is 8.29. The summed E-state index contributed by atoms with van der Waals surface area (Å²) >= 11 is 1.32. The van der Waals surface area contributed by atoms with Crippen molar-refractivity contribution in [3.8, 4) is 0 Å². The number of anilines is 1. The number of hydrogen-bond acceptors (Lipinski definition) is 6. The monoisotopic (exact) mass is 452 g/mol. The SMILES string of the molecule is CC[C@H](N)C(=O)N[C@@H](CCCNC(=N)Nc1ccccc1)C(=O)c1nc2ccccc2s1. The highest BCUT2D eigenvalue weighted by Crippen LogP contribution is 2.23. The molecule has 2 aromatic carbocycles. The van der Waals surface area contributed by atoms with Gasteiger partial charge in [-0.1, -0.05) is 37.3 Å². The van der Waals surface area contributed by atoms with Gasteiger partial charge in [0, 0.05) is 12.2 Å². The predicted molar refractivity (Wildman–Crippen MR) is 129 cm³/mol. The second-order valence-corrected chi connectivity index (χ2v) is 8.39. The molecule has 0 radical (unpaired) electrons. The normalized spacial score (nSPS) is 12.7. The van der Waals surface area contributed by atoms with Crippen molar-refractivity contribution in [1.82, 2.24) is 15.6 Å². The van der Waals surface area contributed by atoms with Crippen LogP contribution in [0.25, 0.3) is 10.2 Å². The standard InChI is InChI=1S/C23H28N6O2S/c1-2-16(24)21(31)28-18(20(30)22-29-17-11-6-7-13-19(17)32-22)12-8-14-26-23(25)27-15-9-4-3-5-10-15/h3-7,9-11,13,16,18H,2,8,12,14,24H2,1H3,(H,28,31)(H3,25,26,27)/t16-,18-/m0/s1. The molecule has 2 atom stereocenters. The minimum Gasteiger partial charge on any atom is -0.356 e. The molecule has 0 aliphatic rings. The smallest absolute Gasteiger partial charge is 0.237 e. The minimum atomic E-state index is -0.723. The van der Waals surface area contributed by atoms with E-state index in [1.807, 2.05) is 61.5 Å². The van der Waals surface area contributed by atoms with Crippen molar-refractivity contribution in [3.05, 3.63) is 59.6 Å². The summed E-state index contributed by atoms with van der Waals surface area (Å²) in [5.41, 5.74) is 7.42. The Morgan fingerprint density at radius 2 is 1.84 bits per heavy atom. The average Bonchev–Trinajstić information content (AvgIpc) is 3.25. The zero-order valence-corrected chi connectivity index (χ0v) is 18.7. The van der Waals surface area contributed by atoms with Gasteiger partial charge in [0.2, 0.25) is 11.7 Å². The summed E-state index contributed by atoms with van der Waals surface area (Å²) in [4.78, 5) is 30.0. The molecule has 1 amide bonds. The molecule has 32 heavy (non-hydrogen) atoms. The third-order valence-electron chi connectivity index (χ3n) is 4.93. The maximum atomic E-state index is 13.1. The Morgan fingerprint density at radius 1 is 1.12 bits per heavy atom. The van der Waals surface area contributed by atoms with Gasteiger partial charge in [-0.05, 0) is 43.5 Å². The highest BCUT2D eigenvalue weighted by molar-refractivity contribution is 7.20. The number of carbonyl (C=O) groups excluding carboxylic acids is 2. The van der Waals surface area contributed by atoms with Crippen LogP contribution in [0.2, 0.25) is 0 Å². The van der Waals surface area contributed by atoms with Crippen LogP contribution in [0.5, 0.6) is 0 Å². The molecule has 9 heteroatoms. The summed E-state index contributed by atoms with van der Waals surface area (Å²) in [6.45, 7) is 2.29. The molecule has 0 spiro atoms. The first kappa shape index (κ1) is 23.4. The summed E-state index contributed by atoms with van der Waals surface area (Å²) in [6.07, 6.45) is 1.46. The summed E-state index contributed by atoms with van der Waals surface area (Å²) in [7, 11) is 0. The largest absolute Gasteiger partial charge is 0.356 e. The van der Waals surface area contributed by atoms with Crippen molar-refractivity contribution in [2.75, 3.05) is 11.9 Å². The number of carbonyl (C=O) groups is 2. The summed E-state index contributed by atoms with van der Waals surface area (Å²) < 4.78 is 0.924. The fourth-order valence-electron chi connectivity index (χ4n) is 3.09. The van der Waals surface area contributed by atoms with Gasteiger partial charge in [-0.3, -0.25) is 15.0 Å². The minimum absolute atomic E-state index is 0.169. The molecule has 6 N–H and O–H groups in total. The molecule has 0 fully saturated rings. The fourth-order valence-corrected chi connectivity index (χ4v) is 4.05. The van der Waals surface area contributed by atoms with Crippen LogP contribution in [0.4, 0.5) is 5.69 Å². The van der Waals surface area contributed by atoms with Crippen molar-refractivity contribution in [2.45, 2.75) is 38.3 Å². The molecule has 3 rings (SSSR count). The number of nitrogens with one attached hydrogen (secondary N) is 4. The first-order valence-corrected chi connectivity index (χ1v) is 11.4. The summed E-state index contributed by atoms with van der Waals surface area (Å²) in [5.74, 6) is -0.402. The topological polar surface area (TPSA) is 133 Å². The Bertz CT molecular complexity index is 1040. The van der Waals surface area contributed by atoms with Crippen molar-refractivity contribution in [1.29, 1.82) is 5.41 Å². The molecule has 1 heterocycles. The maximum Gasteiger partial charge on any atom is 0.237 e. The van der Waals surface area contributed by atoms with Gasteiger partial charge in [0.15, 0.2) is 11.0 Å². The van der Waals surface area contributed by atoms with E-state index in [4.69, 9.17) is 11.1 Å². The van der Waals surface area contributed by atoms with E-state index >= 15 is 0 Å². The van der Waals surface area contributed by atoms with E-state index in [2.05, 4.69) is 20.9 Å².